The van der Waals surface area contributed by atoms with Crippen LogP contribution in [0.3, 0.4) is 0 Å². The van der Waals surface area contributed by atoms with Gasteiger partial charge in [0.1, 0.15) is 0 Å². The third-order valence-electron chi connectivity index (χ3n) is 6.25. The Labute approximate surface area is 143 Å². The van der Waals surface area contributed by atoms with E-state index in [0.717, 1.165) is 24.3 Å². The molecule has 0 amide bonds. The molecule has 2 atom stereocenters. The second-order valence-corrected chi connectivity index (χ2v) is 7.68. The average Bonchev–Trinajstić information content (AvgIpc) is 3.04. The van der Waals surface area contributed by atoms with Gasteiger partial charge in [0.15, 0.2) is 0 Å². The number of benzene rings is 1. The van der Waals surface area contributed by atoms with E-state index in [1.165, 1.54) is 42.5 Å². The lowest BCUT2D eigenvalue weighted by atomic mass is 9.58. The number of aromatic nitrogens is 2. The largest absolute Gasteiger partial charge is 0.392 e. The molecule has 0 spiro atoms. The van der Waals surface area contributed by atoms with Crippen LogP contribution in [0.4, 0.5) is 0 Å². The summed E-state index contributed by atoms with van der Waals surface area (Å²) in [5.74, 6) is 0.734. The van der Waals surface area contributed by atoms with E-state index in [1.54, 1.807) is 5.57 Å². The lowest BCUT2D eigenvalue weighted by Gasteiger charge is -2.46. The molecular formula is C21H26N2O. The standard InChI is InChI=1S/C21H26N2O/c1-21-12-17-13-22-23-20(17)11-19(21)4-2-3-18(21)10-9-15-5-7-16(14-24)8-6-15/h5-8,11,13,18,24H,2-4,9-10,12,14H2,1H3,(H,22,23). The second-order valence-electron chi connectivity index (χ2n) is 7.68. The highest BCUT2D eigenvalue weighted by atomic mass is 16.3. The summed E-state index contributed by atoms with van der Waals surface area (Å²) in [6, 6.07) is 8.42. The maximum Gasteiger partial charge on any atom is 0.0681 e. The van der Waals surface area contributed by atoms with Crippen LogP contribution in [-0.2, 0) is 19.4 Å². The van der Waals surface area contributed by atoms with Crippen LogP contribution in [0, 0.1) is 11.3 Å². The van der Waals surface area contributed by atoms with Gasteiger partial charge in [0, 0.05) is 0 Å². The highest BCUT2D eigenvalue weighted by Gasteiger charge is 2.42. The van der Waals surface area contributed by atoms with Gasteiger partial charge in [-0.15, -0.1) is 0 Å². The molecule has 3 nitrogen and oxygen atoms in total. The van der Waals surface area contributed by atoms with Crippen LogP contribution in [0.15, 0.2) is 36.0 Å². The predicted octanol–water partition coefficient (Wildman–Crippen LogP) is 4.28. The van der Waals surface area contributed by atoms with Crippen molar-refractivity contribution in [3.05, 3.63) is 58.4 Å². The summed E-state index contributed by atoms with van der Waals surface area (Å²) in [6.45, 7) is 2.59. The molecule has 0 bridgehead atoms. The molecule has 2 unspecified atom stereocenters. The van der Waals surface area contributed by atoms with Crippen LogP contribution in [-0.4, -0.2) is 15.3 Å². The lowest BCUT2D eigenvalue weighted by Crippen LogP contribution is -2.37. The van der Waals surface area contributed by atoms with E-state index < -0.39 is 0 Å². The van der Waals surface area contributed by atoms with Crippen molar-refractivity contribution in [3.8, 4) is 0 Å². The number of hydrogen-bond acceptors (Lipinski definition) is 2. The molecule has 4 rings (SSSR count). The minimum Gasteiger partial charge on any atom is -0.392 e. The van der Waals surface area contributed by atoms with Crippen molar-refractivity contribution in [2.24, 2.45) is 11.3 Å². The maximum absolute atomic E-state index is 9.17. The molecule has 1 fully saturated rings. The zero-order valence-corrected chi connectivity index (χ0v) is 14.4. The van der Waals surface area contributed by atoms with Crippen molar-refractivity contribution >= 4 is 6.08 Å². The number of aliphatic hydroxyl groups excluding tert-OH is 1. The molecule has 2 aromatic rings. The Morgan fingerprint density at radius 2 is 2.04 bits per heavy atom. The van der Waals surface area contributed by atoms with Gasteiger partial charge < -0.3 is 5.11 Å². The third-order valence-corrected chi connectivity index (χ3v) is 6.25. The Morgan fingerprint density at radius 1 is 1.25 bits per heavy atom. The van der Waals surface area contributed by atoms with E-state index in [-0.39, 0.29) is 6.61 Å². The van der Waals surface area contributed by atoms with Crippen LogP contribution < -0.4 is 0 Å². The van der Waals surface area contributed by atoms with Gasteiger partial charge in [-0.1, -0.05) is 36.8 Å². The molecule has 2 aliphatic rings. The summed E-state index contributed by atoms with van der Waals surface area (Å²) in [7, 11) is 0. The van der Waals surface area contributed by atoms with Gasteiger partial charge in [0.2, 0.25) is 0 Å². The number of aryl methyl sites for hydroxylation is 1. The number of allylic oxidation sites excluding steroid dienone is 1. The number of H-pyrrole nitrogens is 1. The molecule has 3 heteroatoms. The van der Waals surface area contributed by atoms with Crippen LogP contribution in [0.1, 0.15) is 55.0 Å². The Bertz CT molecular complexity index is 743. The van der Waals surface area contributed by atoms with Crippen molar-refractivity contribution < 1.29 is 5.11 Å². The zero-order valence-electron chi connectivity index (χ0n) is 14.4. The number of aromatic amines is 1. The minimum absolute atomic E-state index is 0.127. The third kappa shape index (κ3) is 2.71. The number of rotatable bonds is 4. The first-order chi connectivity index (χ1) is 11.7. The number of nitrogens with zero attached hydrogens (tertiary/aromatic N) is 1. The van der Waals surface area contributed by atoms with Crippen LogP contribution in [0.25, 0.3) is 6.08 Å². The van der Waals surface area contributed by atoms with Gasteiger partial charge in [0.25, 0.3) is 0 Å². The number of hydrogen-bond donors (Lipinski definition) is 2. The van der Waals surface area contributed by atoms with Gasteiger partial charge in [-0.25, -0.2) is 0 Å². The molecule has 126 valence electrons. The fourth-order valence-corrected chi connectivity index (χ4v) is 4.67. The zero-order chi connectivity index (χ0) is 16.6. The summed E-state index contributed by atoms with van der Waals surface area (Å²) in [6.07, 6.45) is 11.7. The average molecular weight is 322 g/mol. The van der Waals surface area contributed by atoms with E-state index in [1.807, 2.05) is 18.3 Å². The number of nitrogens with one attached hydrogen (secondary N) is 1. The van der Waals surface area contributed by atoms with Crippen molar-refractivity contribution in [2.45, 2.75) is 52.1 Å². The van der Waals surface area contributed by atoms with Gasteiger partial charge in [-0.2, -0.15) is 5.10 Å². The monoisotopic (exact) mass is 322 g/mol. The SMILES string of the molecule is CC12Cc3cn[nH]c3C=C1CCCC2CCc1ccc(CO)cc1. The van der Waals surface area contributed by atoms with E-state index in [0.29, 0.717) is 5.41 Å². The lowest BCUT2D eigenvalue weighted by molar-refractivity contribution is 0.170. The Balaban J connectivity index is 1.50. The number of aliphatic hydroxyl groups is 1. The number of fused-ring (bicyclic) bond motifs is 2. The van der Waals surface area contributed by atoms with Gasteiger partial charge >= 0.3 is 0 Å². The van der Waals surface area contributed by atoms with Gasteiger partial charge in [0.05, 0.1) is 18.5 Å². The van der Waals surface area contributed by atoms with E-state index in [9.17, 15) is 5.11 Å². The molecule has 0 saturated heterocycles. The van der Waals surface area contributed by atoms with Crippen molar-refractivity contribution in [2.75, 3.05) is 0 Å². The fourth-order valence-electron chi connectivity index (χ4n) is 4.67. The molecule has 1 aromatic carbocycles. The topological polar surface area (TPSA) is 48.9 Å². The predicted molar refractivity (Wildman–Crippen MR) is 96.4 cm³/mol. The van der Waals surface area contributed by atoms with E-state index in [4.69, 9.17) is 0 Å². The molecule has 2 aliphatic carbocycles. The minimum atomic E-state index is 0.127. The van der Waals surface area contributed by atoms with Crippen molar-refractivity contribution in [1.82, 2.24) is 10.2 Å². The van der Waals surface area contributed by atoms with Crippen molar-refractivity contribution in [3.63, 3.8) is 0 Å². The first kappa shape index (κ1) is 15.6. The fraction of sp³-hybridized carbons (Fsp3) is 0.476. The Morgan fingerprint density at radius 3 is 2.83 bits per heavy atom. The molecule has 2 N–H and O–H groups in total. The molecule has 0 aliphatic heterocycles. The molecular weight excluding hydrogens is 296 g/mol. The normalized spacial score (nSPS) is 25.8. The van der Waals surface area contributed by atoms with E-state index >= 15 is 0 Å². The summed E-state index contributed by atoms with van der Waals surface area (Å²) in [4.78, 5) is 0. The highest BCUT2D eigenvalue weighted by Crippen LogP contribution is 2.51. The first-order valence-electron chi connectivity index (χ1n) is 9.11. The van der Waals surface area contributed by atoms with Gasteiger partial charge in [-0.3, -0.25) is 5.10 Å². The quantitative estimate of drug-likeness (QED) is 0.882. The van der Waals surface area contributed by atoms with Crippen LogP contribution in [0.2, 0.25) is 0 Å². The molecule has 1 saturated carbocycles. The molecule has 1 heterocycles. The van der Waals surface area contributed by atoms with E-state index in [2.05, 4.69) is 35.3 Å². The van der Waals surface area contributed by atoms with Crippen LogP contribution in [0.5, 0.6) is 0 Å². The Hall–Kier alpha value is -1.87. The summed E-state index contributed by atoms with van der Waals surface area (Å²) in [5.41, 5.74) is 6.88. The summed E-state index contributed by atoms with van der Waals surface area (Å²) >= 11 is 0. The maximum atomic E-state index is 9.17. The molecule has 1 aromatic heterocycles. The summed E-state index contributed by atoms with van der Waals surface area (Å²) < 4.78 is 0. The van der Waals surface area contributed by atoms with Crippen LogP contribution >= 0.6 is 0 Å². The Kier molecular flexibility index (Phi) is 4.05. The smallest absolute Gasteiger partial charge is 0.0681 e. The summed E-state index contributed by atoms with van der Waals surface area (Å²) in [5, 5.41) is 16.6. The first-order valence-corrected chi connectivity index (χ1v) is 9.11. The van der Waals surface area contributed by atoms with Gasteiger partial charge in [-0.05, 0) is 72.6 Å². The molecule has 0 radical (unpaired) electrons. The highest BCUT2D eigenvalue weighted by molar-refractivity contribution is 5.58. The second kappa shape index (κ2) is 6.21. The molecule has 24 heavy (non-hydrogen) atoms. The van der Waals surface area contributed by atoms with Crippen molar-refractivity contribution in [1.29, 1.82) is 0 Å².